The Morgan fingerprint density at radius 2 is 2.05 bits per heavy atom. The summed E-state index contributed by atoms with van der Waals surface area (Å²) in [5.41, 5.74) is 4.74. The zero-order valence-corrected chi connectivity index (χ0v) is 10.4. The molecular formula is C12H13F2N3O3. The van der Waals surface area contributed by atoms with Gasteiger partial charge in [-0.25, -0.2) is 8.78 Å². The molecule has 0 radical (unpaired) electrons. The fourth-order valence-corrected chi connectivity index (χ4v) is 1.36. The van der Waals surface area contributed by atoms with Gasteiger partial charge in [-0.1, -0.05) is 0 Å². The summed E-state index contributed by atoms with van der Waals surface area (Å²) in [4.78, 5) is 34.5. The van der Waals surface area contributed by atoms with E-state index in [0.717, 1.165) is 18.2 Å². The fraction of sp³-hybridized carbons (Fsp3) is 0.250. The van der Waals surface area contributed by atoms with Crippen molar-refractivity contribution < 1.29 is 23.2 Å². The summed E-state index contributed by atoms with van der Waals surface area (Å²) in [5.74, 6) is -4.08. The van der Waals surface area contributed by atoms with Crippen molar-refractivity contribution in [2.24, 2.45) is 5.73 Å². The zero-order chi connectivity index (χ0) is 15.1. The maximum Gasteiger partial charge on any atom is 0.318 e. The van der Waals surface area contributed by atoms with E-state index in [1.165, 1.54) is 0 Å². The summed E-state index contributed by atoms with van der Waals surface area (Å²) in [5, 5.41) is 1.91. The third kappa shape index (κ3) is 4.09. The fourth-order valence-electron chi connectivity index (χ4n) is 1.36. The number of carbonyl (C=O) groups excluding carboxylic acids is 3. The van der Waals surface area contributed by atoms with E-state index in [-0.39, 0.29) is 19.5 Å². The number of anilines is 1. The van der Waals surface area contributed by atoms with Crippen LogP contribution >= 0.6 is 0 Å². The van der Waals surface area contributed by atoms with Crippen LogP contribution in [0.3, 0.4) is 0 Å². The van der Waals surface area contributed by atoms with Crippen LogP contribution in [-0.4, -0.2) is 36.2 Å². The maximum absolute atomic E-state index is 13.3. The van der Waals surface area contributed by atoms with E-state index in [0.29, 0.717) is 11.3 Å². The van der Waals surface area contributed by atoms with E-state index in [1.54, 1.807) is 0 Å². The summed E-state index contributed by atoms with van der Waals surface area (Å²) in [7, 11) is 0. The lowest BCUT2D eigenvalue weighted by Crippen LogP contribution is -2.40. The van der Waals surface area contributed by atoms with Gasteiger partial charge in [-0.05, 0) is 25.1 Å². The van der Waals surface area contributed by atoms with E-state index in [9.17, 15) is 23.2 Å². The highest BCUT2D eigenvalue weighted by molar-refractivity contribution is 6.41. The molecule has 3 amide bonds. The highest BCUT2D eigenvalue weighted by atomic mass is 19.1. The molecule has 0 unspecified atom stereocenters. The quantitative estimate of drug-likeness (QED) is 0.598. The number of rotatable bonds is 5. The number of hydrogen-bond acceptors (Lipinski definition) is 4. The van der Waals surface area contributed by atoms with E-state index in [2.05, 4.69) is 0 Å². The van der Waals surface area contributed by atoms with Crippen LogP contribution in [0.15, 0.2) is 18.2 Å². The molecule has 1 aromatic rings. The Kier molecular flexibility index (Phi) is 5.73. The van der Waals surface area contributed by atoms with Crippen molar-refractivity contribution >= 4 is 23.9 Å². The van der Waals surface area contributed by atoms with Crippen LogP contribution in [0.2, 0.25) is 0 Å². The lowest BCUT2D eigenvalue weighted by Gasteiger charge is -2.14. The predicted octanol–water partition coefficient (Wildman–Crippen LogP) is 0.237. The van der Waals surface area contributed by atoms with Crippen LogP contribution in [-0.2, 0) is 14.4 Å². The number of nitrogens with zero attached hydrogens (tertiary/aromatic N) is 1. The Morgan fingerprint density at radius 1 is 1.35 bits per heavy atom. The summed E-state index contributed by atoms with van der Waals surface area (Å²) in [6.07, 6.45) is 0.506. The second-order valence-corrected chi connectivity index (χ2v) is 3.82. The third-order valence-electron chi connectivity index (χ3n) is 2.36. The van der Waals surface area contributed by atoms with Crippen molar-refractivity contribution in [3.63, 3.8) is 0 Å². The van der Waals surface area contributed by atoms with Gasteiger partial charge in [0, 0.05) is 12.6 Å². The molecule has 0 atom stereocenters. The van der Waals surface area contributed by atoms with Crippen molar-refractivity contribution in [2.45, 2.75) is 6.42 Å². The Morgan fingerprint density at radius 3 is 2.65 bits per heavy atom. The van der Waals surface area contributed by atoms with Crippen molar-refractivity contribution in [3.8, 4) is 0 Å². The highest BCUT2D eigenvalue weighted by Gasteiger charge is 2.22. The van der Waals surface area contributed by atoms with Crippen LogP contribution in [0.25, 0.3) is 0 Å². The first-order valence-electron chi connectivity index (χ1n) is 5.72. The molecule has 20 heavy (non-hydrogen) atoms. The topological polar surface area (TPSA) is 92.5 Å². The molecule has 0 fully saturated rings. The average Bonchev–Trinajstić information content (AvgIpc) is 2.43. The van der Waals surface area contributed by atoms with Gasteiger partial charge in [0.15, 0.2) is 0 Å². The summed E-state index contributed by atoms with van der Waals surface area (Å²) in [6, 6.07) is 2.40. The van der Waals surface area contributed by atoms with Gasteiger partial charge in [0.2, 0.25) is 6.41 Å². The van der Waals surface area contributed by atoms with Crippen molar-refractivity contribution in [1.82, 2.24) is 4.90 Å². The van der Waals surface area contributed by atoms with Crippen LogP contribution in [0.1, 0.15) is 6.42 Å². The first kappa shape index (κ1) is 15.7. The Bertz CT molecular complexity index is 523. The standard InChI is InChI=1S/C12H13F2N3O3/c13-8-2-3-9(14)10(6-8)16-11(19)12(20)17(7-18)5-1-4-15/h2-3,6-7H,1,4-5,15H2,(H,16,19). The highest BCUT2D eigenvalue weighted by Crippen LogP contribution is 2.15. The van der Waals surface area contributed by atoms with Gasteiger partial charge in [0.25, 0.3) is 0 Å². The number of hydrogen-bond donors (Lipinski definition) is 2. The molecular weight excluding hydrogens is 272 g/mol. The average molecular weight is 285 g/mol. The number of nitrogens with two attached hydrogens (primary N) is 1. The number of nitrogens with one attached hydrogen (secondary N) is 1. The van der Waals surface area contributed by atoms with E-state index >= 15 is 0 Å². The van der Waals surface area contributed by atoms with E-state index < -0.39 is 29.1 Å². The number of carbonyl (C=O) groups is 3. The number of benzene rings is 1. The molecule has 0 saturated carbocycles. The molecule has 0 spiro atoms. The molecule has 1 aromatic carbocycles. The molecule has 8 heteroatoms. The van der Waals surface area contributed by atoms with Gasteiger partial charge in [0.05, 0.1) is 5.69 Å². The smallest absolute Gasteiger partial charge is 0.318 e. The molecule has 0 heterocycles. The molecule has 0 saturated heterocycles. The van der Waals surface area contributed by atoms with Gasteiger partial charge < -0.3 is 11.1 Å². The Labute approximate surface area is 113 Å². The molecule has 1 rings (SSSR count). The minimum absolute atomic E-state index is 0.0299. The molecule has 0 bridgehead atoms. The summed E-state index contributed by atoms with van der Waals surface area (Å²) < 4.78 is 26.2. The van der Waals surface area contributed by atoms with Crippen LogP contribution in [0, 0.1) is 11.6 Å². The van der Waals surface area contributed by atoms with Crippen LogP contribution < -0.4 is 11.1 Å². The summed E-state index contributed by atoms with van der Waals surface area (Å²) in [6.45, 7) is 0.204. The van der Waals surface area contributed by atoms with Gasteiger partial charge in [-0.3, -0.25) is 19.3 Å². The number of amides is 3. The lowest BCUT2D eigenvalue weighted by molar-refractivity contribution is -0.146. The van der Waals surface area contributed by atoms with E-state index in [1.807, 2.05) is 5.32 Å². The first-order chi connectivity index (χ1) is 9.49. The Balaban J connectivity index is 2.76. The lowest BCUT2D eigenvalue weighted by atomic mass is 10.3. The molecule has 3 N–H and O–H groups in total. The second kappa shape index (κ2) is 7.29. The molecule has 6 nitrogen and oxygen atoms in total. The maximum atomic E-state index is 13.3. The van der Waals surface area contributed by atoms with Gasteiger partial charge in [-0.2, -0.15) is 0 Å². The molecule has 0 aliphatic heterocycles. The van der Waals surface area contributed by atoms with Crippen molar-refractivity contribution in [1.29, 1.82) is 0 Å². The van der Waals surface area contributed by atoms with Gasteiger partial charge in [0.1, 0.15) is 11.6 Å². The van der Waals surface area contributed by atoms with Crippen LogP contribution in [0.4, 0.5) is 14.5 Å². The second-order valence-electron chi connectivity index (χ2n) is 3.82. The van der Waals surface area contributed by atoms with Crippen molar-refractivity contribution in [2.75, 3.05) is 18.4 Å². The largest absolute Gasteiger partial charge is 0.330 e. The number of imide groups is 1. The third-order valence-corrected chi connectivity index (χ3v) is 2.36. The molecule has 0 aromatic heterocycles. The summed E-state index contributed by atoms with van der Waals surface area (Å²) >= 11 is 0. The first-order valence-corrected chi connectivity index (χ1v) is 5.72. The molecule has 0 aliphatic rings. The molecule has 0 aliphatic carbocycles. The minimum atomic E-state index is -1.24. The van der Waals surface area contributed by atoms with Gasteiger partial charge >= 0.3 is 11.8 Å². The minimum Gasteiger partial charge on any atom is -0.330 e. The monoisotopic (exact) mass is 285 g/mol. The number of halogens is 2. The van der Waals surface area contributed by atoms with Gasteiger partial charge in [-0.15, -0.1) is 0 Å². The molecule has 108 valence electrons. The predicted molar refractivity (Wildman–Crippen MR) is 66.4 cm³/mol. The van der Waals surface area contributed by atoms with Crippen molar-refractivity contribution in [3.05, 3.63) is 29.8 Å². The zero-order valence-electron chi connectivity index (χ0n) is 10.4. The Hall–Kier alpha value is -2.35. The van der Waals surface area contributed by atoms with Crippen LogP contribution in [0.5, 0.6) is 0 Å². The SMILES string of the molecule is NCCCN(C=O)C(=O)C(=O)Nc1cc(F)ccc1F. The van der Waals surface area contributed by atoms with E-state index in [4.69, 9.17) is 5.73 Å². The normalized spacial score (nSPS) is 9.95.